The molecule has 2 aromatic carbocycles. The minimum atomic E-state index is 0.340. The van der Waals surface area contributed by atoms with E-state index < -0.39 is 0 Å². The molecule has 2 aromatic rings. The van der Waals surface area contributed by atoms with Crippen LogP contribution < -0.4 is 0 Å². The van der Waals surface area contributed by atoms with Crippen LogP contribution in [0.25, 0.3) is 0 Å². The lowest BCUT2D eigenvalue weighted by atomic mass is 9.97. The van der Waals surface area contributed by atoms with E-state index in [2.05, 4.69) is 47.4 Å². The maximum Gasteiger partial charge on any atom is 0.163 e. The number of aryl methyl sites for hydroxylation is 1. The molecule has 24 heavy (non-hydrogen) atoms. The Morgan fingerprint density at radius 2 is 1.75 bits per heavy atom. The van der Waals surface area contributed by atoms with Crippen molar-refractivity contribution in [1.29, 1.82) is 0 Å². The van der Waals surface area contributed by atoms with Crippen LogP contribution in [0.5, 0.6) is 0 Å². The first-order valence-corrected chi connectivity index (χ1v) is 9.18. The average molecular weight is 319 g/mol. The van der Waals surface area contributed by atoms with Crippen molar-refractivity contribution in [3.8, 4) is 0 Å². The van der Waals surface area contributed by atoms with Crippen molar-refractivity contribution in [1.82, 2.24) is 4.90 Å². The van der Waals surface area contributed by atoms with Gasteiger partial charge in [-0.15, -0.1) is 0 Å². The van der Waals surface area contributed by atoms with Crippen molar-refractivity contribution in [2.24, 2.45) is 5.92 Å². The van der Waals surface area contributed by atoms with E-state index >= 15 is 0 Å². The molecule has 1 fully saturated rings. The number of hydrogen-bond acceptors (Lipinski definition) is 2. The van der Waals surface area contributed by atoms with Gasteiger partial charge in [0.15, 0.2) is 5.78 Å². The molecule has 0 aromatic heterocycles. The first-order chi connectivity index (χ1) is 11.8. The van der Waals surface area contributed by atoms with Gasteiger partial charge in [0.25, 0.3) is 0 Å². The largest absolute Gasteiger partial charge is 0.302 e. The van der Waals surface area contributed by atoms with E-state index in [1.807, 2.05) is 12.1 Å². The number of likely N-dealkylation sites (tertiary alicyclic amines) is 1. The molecular formula is C22H25NO. The molecule has 1 heterocycles. The summed E-state index contributed by atoms with van der Waals surface area (Å²) in [6, 6.07) is 19.0. The monoisotopic (exact) mass is 319 g/mol. The Morgan fingerprint density at radius 1 is 0.958 bits per heavy atom. The van der Waals surface area contributed by atoms with Crippen molar-refractivity contribution in [3.63, 3.8) is 0 Å². The lowest BCUT2D eigenvalue weighted by molar-refractivity contribution is 0.0952. The summed E-state index contributed by atoms with van der Waals surface area (Å²) < 4.78 is 0. The SMILES string of the molecule is O=C1CC(CN2CCC(c3ccccc3)C2)CCc2ccccc21. The molecule has 2 unspecified atom stereocenters. The molecule has 0 amide bonds. The van der Waals surface area contributed by atoms with E-state index in [9.17, 15) is 4.79 Å². The quantitative estimate of drug-likeness (QED) is 0.786. The Hall–Kier alpha value is -1.93. The van der Waals surface area contributed by atoms with Crippen molar-refractivity contribution in [3.05, 3.63) is 71.3 Å². The second-order valence-electron chi connectivity index (χ2n) is 7.35. The molecule has 0 radical (unpaired) electrons. The van der Waals surface area contributed by atoms with Gasteiger partial charge in [-0.05, 0) is 48.8 Å². The molecule has 2 heteroatoms. The second-order valence-corrected chi connectivity index (χ2v) is 7.35. The standard InChI is InChI=1S/C22H25NO/c24-22-14-17(10-11-19-8-4-5-9-21(19)22)15-23-13-12-20(16-23)18-6-2-1-3-7-18/h1-9,17,20H,10-16H2. The predicted molar refractivity (Wildman–Crippen MR) is 97.4 cm³/mol. The van der Waals surface area contributed by atoms with Crippen LogP contribution in [0.2, 0.25) is 0 Å². The number of ketones is 1. The number of rotatable bonds is 3. The van der Waals surface area contributed by atoms with Crippen molar-refractivity contribution >= 4 is 5.78 Å². The fourth-order valence-electron chi connectivity index (χ4n) is 4.36. The molecule has 0 saturated carbocycles. The number of fused-ring (bicyclic) bond motifs is 1. The van der Waals surface area contributed by atoms with Gasteiger partial charge in [-0.25, -0.2) is 0 Å². The summed E-state index contributed by atoms with van der Waals surface area (Å²) in [4.78, 5) is 15.1. The van der Waals surface area contributed by atoms with Gasteiger partial charge in [0.2, 0.25) is 0 Å². The van der Waals surface area contributed by atoms with Gasteiger partial charge in [-0.2, -0.15) is 0 Å². The topological polar surface area (TPSA) is 20.3 Å². The van der Waals surface area contributed by atoms with E-state index in [1.54, 1.807) is 0 Å². The number of nitrogens with zero attached hydrogens (tertiary/aromatic N) is 1. The van der Waals surface area contributed by atoms with Crippen molar-refractivity contribution in [2.45, 2.75) is 31.6 Å². The summed E-state index contributed by atoms with van der Waals surface area (Å²) in [6.07, 6.45) is 4.13. The summed E-state index contributed by atoms with van der Waals surface area (Å²) in [6.45, 7) is 3.38. The van der Waals surface area contributed by atoms with E-state index in [-0.39, 0.29) is 0 Å². The minimum Gasteiger partial charge on any atom is -0.302 e. The Bertz CT molecular complexity index is 709. The van der Waals surface area contributed by atoms with Crippen LogP contribution in [0.1, 0.15) is 46.7 Å². The normalized spacial score (nSPS) is 24.6. The highest BCUT2D eigenvalue weighted by molar-refractivity contribution is 5.97. The van der Waals surface area contributed by atoms with Gasteiger partial charge in [0.05, 0.1) is 0 Å². The summed E-state index contributed by atoms with van der Waals surface area (Å²) >= 11 is 0. The third-order valence-electron chi connectivity index (χ3n) is 5.67. The molecule has 1 aliphatic heterocycles. The van der Waals surface area contributed by atoms with Gasteiger partial charge in [-0.3, -0.25) is 4.79 Å². The highest BCUT2D eigenvalue weighted by Crippen LogP contribution is 2.30. The van der Waals surface area contributed by atoms with E-state index in [4.69, 9.17) is 0 Å². The van der Waals surface area contributed by atoms with E-state index in [0.717, 1.165) is 38.0 Å². The number of benzene rings is 2. The summed E-state index contributed by atoms with van der Waals surface area (Å²) in [7, 11) is 0. The van der Waals surface area contributed by atoms with Gasteiger partial charge < -0.3 is 4.90 Å². The zero-order chi connectivity index (χ0) is 16.4. The molecule has 1 saturated heterocycles. The number of carbonyl (C=O) groups is 1. The molecule has 2 atom stereocenters. The molecular weight excluding hydrogens is 294 g/mol. The lowest BCUT2D eigenvalue weighted by Crippen LogP contribution is -2.28. The zero-order valence-electron chi connectivity index (χ0n) is 14.2. The third kappa shape index (κ3) is 3.29. The Balaban J connectivity index is 1.38. The number of hydrogen-bond donors (Lipinski definition) is 0. The van der Waals surface area contributed by atoms with Gasteiger partial charge >= 0.3 is 0 Å². The fraction of sp³-hybridized carbons (Fsp3) is 0.409. The molecule has 1 aliphatic carbocycles. The van der Waals surface area contributed by atoms with Gasteiger partial charge in [0, 0.05) is 25.1 Å². The number of carbonyl (C=O) groups excluding carboxylic acids is 1. The molecule has 2 aliphatic rings. The van der Waals surface area contributed by atoms with Crippen LogP contribution in [-0.2, 0) is 6.42 Å². The van der Waals surface area contributed by atoms with E-state index in [0.29, 0.717) is 24.0 Å². The second kappa shape index (κ2) is 6.90. The fourth-order valence-corrected chi connectivity index (χ4v) is 4.36. The average Bonchev–Trinajstić information content (AvgIpc) is 3.02. The van der Waals surface area contributed by atoms with Crippen molar-refractivity contribution in [2.75, 3.05) is 19.6 Å². The van der Waals surface area contributed by atoms with Crippen LogP contribution in [0.4, 0.5) is 0 Å². The summed E-state index contributed by atoms with van der Waals surface area (Å²) in [5.74, 6) is 1.50. The van der Waals surface area contributed by atoms with Crippen LogP contribution in [0, 0.1) is 5.92 Å². The Labute approximate surface area is 144 Å². The maximum atomic E-state index is 12.6. The summed E-state index contributed by atoms with van der Waals surface area (Å²) in [5, 5.41) is 0. The predicted octanol–water partition coefficient (Wildman–Crippen LogP) is 4.31. The minimum absolute atomic E-state index is 0.340. The van der Waals surface area contributed by atoms with Crippen molar-refractivity contribution < 1.29 is 4.79 Å². The molecule has 0 N–H and O–H groups in total. The van der Waals surface area contributed by atoms with Crippen LogP contribution in [0.3, 0.4) is 0 Å². The number of Topliss-reactive ketones (excluding diaryl/α,β-unsaturated/α-hetero) is 1. The van der Waals surface area contributed by atoms with Crippen LogP contribution in [-0.4, -0.2) is 30.3 Å². The first-order valence-electron chi connectivity index (χ1n) is 9.18. The molecule has 2 nitrogen and oxygen atoms in total. The Morgan fingerprint density at radius 3 is 2.62 bits per heavy atom. The molecule has 4 rings (SSSR count). The first kappa shape index (κ1) is 15.6. The van der Waals surface area contributed by atoms with Crippen LogP contribution >= 0.6 is 0 Å². The molecule has 0 spiro atoms. The lowest BCUT2D eigenvalue weighted by Gasteiger charge is -2.22. The van der Waals surface area contributed by atoms with E-state index in [1.165, 1.54) is 17.5 Å². The van der Waals surface area contributed by atoms with Crippen LogP contribution in [0.15, 0.2) is 54.6 Å². The highest BCUT2D eigenvalue weighted by Gasteiger charge is 2.28. The summed E-state index contributed by atoms with van der Waals surface area (Å²) in [5.41, 5.74) is 3.67. The third-order valence-corrected chi connectivity index (χ3v) is 5.67. The molecule has 0 bridgehead atoms. The van der Waals surface area contributed by atoms with Gasteiger partial charge in [-0.1, -0.05) is 54.6 Å². The molecule has 124 valence electrons. The smallest absolute Gasteiger partial charge is 0.163 e. The highest BCUT2D eigenvalue weighted by atomic mass is 16.1. The maximum absolute atomic E-state index is 12.6. The Kier molecular flexibility index (Phi) is 4.48. The van der Waals surface area contributed by atoms with Gasteiger partial charge in [0.1, 0.15) is 0 Å². The zero-order valence-corrected chi connectivity index (χ0v) is 14.2.